The summed E-state index contributed by atoms with van der Waals surface area (Å²) in [6.07, 6.45) is -7.16. The molecule has 3 N–H and O–H groups in total. The Balaban J connectivity index is 1.91. The number of methoxy groups -OCH3 is 1. The summed E-state index contributed by atoms with van der Waals surface area (Å²) in [5.74, 6) is -0.586. The molecule has 2 heterocycles. The van der Waals surface area contributed by atoms with Crippen LogP contribution in [-0.4, -0.2) is 75.5 Å². The topological polar surface area (TPSA) is 132 Å². The van der Waals surface area contributed by atoms with Gasteiger partial charge in [0.25, 0.3) is 0 Å². The Kier molecular flexibility index (Phi) is 8.13. The van der Waals surface area contributed by atoms with Gasteiger partial charge >= 0.3 is 5.97 Å². The number of halogens is 1. The van der Waals surface area contributed by atoms with Crippen LogP contribution in [0.4, 0.5) is 4.39 Å². The standard InChI is InChI=1S/C23H31FN2O8/c1-11(2)26-12(3)16(8-14-6-7-15(31-5)9-17(14)24)22(25-26)34-23-21(30)20(29)19(28)18(33-23)10-32-13(4)27/h6-7,9,11,18-21,23,28-30H,8,10H2,1-5H3/t18-,19-,20+,21-,23+/m1/s1. The lowest BCUT2D eigenvalue weighted by molar-refractivity contribution is -0.279. The molecule has 34 heavy (non-hydrogen) atoms. The van der Waals surface area contributed by atoms with Crippen LogP contribution in [0.2, 0.25) is 0 Å². The van der Waals surface area contributed by atoms with Gasteiger partial charge in [-0.2, -0.15) is 0 Å². The summed E-state index contributed by atoms with van der Waals surface area (Å²) >= 11 is 0. The fourth-order valence-corrected chi connectivity index (χ4v) is 3.78. The number of benzene rings is 1. The molecule has 11 heteroatoms. The molecule has 0 saturated carbocycles. The first-order chi connectivity index (χ1) is 16.0. The highest BCUT2D eigenvalue weighted by molar-refractivity contribution is 5.65. The van der Waals surface area contributed by atoms with Crippen molar-refractivity contribution >= 4 is 5.97 Å². The highest BCUT2D eigenvalue weighted by Crippen LogP contribution is 2.31. The van der Waals surface area contributed by atoms with Crippen LogP contribution in [0.3, 0.4) is 0 Å². The van der Waals surface area contributed by atoms with Crippen LogP contribution in [0, 0.1) is 12.7 Å². The number of rotatable bonds is 8. The molecule has 0 bridgehead atoms. The summed E-state index contributed by atoms with van der Waals surface area (Å²) in [6, 6.07) is 4.49. The minimum Gasteiger partial charge on any atom is -0.497 e. The number of hydrogen-bond donors (Lipinski definition) is 3. The Morgan fingerprint density at radius 3 is 2.53 bits per heavy atom. The molecule has 1 aromatic heterocycles. The third kappa shape index (κ3) is 5.49. The number of carbonyl (C=O) groups is 1. The SMILES string of the molecule is COc1ccc(Cc2c(O[C@@H]3O[C@H](COC(C)=O)[C@@H](O)[C@H](O)[C@H]3O)nn(C(C)C)c2C)c(F)c1. The maximum Gasteiger partial charge on any atom is 0.302 e. The van der Waals surface area contributed by atoms with Gasteiger partial charge in [0, 0.05) is 36.7 Å². The summed E-state index contributed by atoms with van der Waals surface area (Å²) in [6.45, 7) is 6.51. The minimum atomic E-state index is -1.62. The summed E-state index contributed by atoms with van der Waals surface area (Å²) in [5.41, 5.74) is 1.67. The lowest BCUT2D eigenvalue weighted by Crippen LogP contribution is -2.60. The Bertz CT molecular complexity index is 1010. The monoisotopic (exact) mass is 482 g/mol. The molecule has 1 aromatic carbocycles. The van der Waals surface area contributed by atoms with E-state index in [1.807, 2.05) is 20.8 Å². The van der Waals surface area contributed by atoms with Gasteiger partial charge in [0.2, 0.25) is 12.2 Å². The molecule has 5 atom stereocenters. The zero-order valence-corrected chi connectivity index (χ0v) is 19.8. The predicted molar refractivity (Wildman–Crippen MR) is 117 cm³/mol. The minimum absolute atomic E-state index is 0.0434. The quantitative estimate of drug-likeness (QED) is 0.476. The molecular formula is C23H31FN2O8. The number of esters is 1. The van der Waals surface area contributed by atoms with Gasteiger partial charge in [0.05, 0.1) is 7.11 Å². The van der Waals surface area contributed by atoms with Gasteiger partial charge in [-0.25, -0.2) is 4.39 Å². The highest BCUT2D eigenvalue weighted by atomic mass is 19.1. The number of ether oxygens (including phenoxy) is 4. The van der Waals surface area contributed by atoms with Gasteiger partial charge in [0.15, 0.2) is 0 Å². The van der Waals surface area contributed by atoms with Crippen molar-refractivity contribution in [3.8, 4) is 11.6 Å². The number of carbonyl (C=O) groups excluding carboxylic acids is 1. The third-order valence-electron chi connectivity index (χ3n) is 5.70. The van der Waals surface area contributed by atoms with Crippen LogP contribution in [0.5, 0.6) is 11.6 Å². The predicted octanol–water partition coefficient (Wildman–Crippen LogP) is 1.26. The van der Waals surface area contributed by atoms with Crippen molar-refractivity contribution in [3.05, 3.63) is 40.8 Å². The first-order valence-corrected chi connectivity index (χ1v) is 10.9. The summed E-state index contributed by atoms with van der Waals surface area (Å²) in [7, 11) is 1.45. The van der Waals surface area contributed by atoms with Crippen molar-refractivity contribution < 1.29 is 43.5 Å². The molecule has 1 saturated heterocycles. The Hall–Kier alpha value is -2.73. The van der Waals surface area contributed by atoms with Crippen LogP contribution in [0.15, 0.2) is 18.2 Å². The van der Waals surface area contributed by atoms with Gasteiger partial charge < -0.3 is 34.3 Å². The average Bonchev–Trinajstić information content (AvgIpc) is 3.09. The van der Waals surface area contributed by atoms with E-state index < -0.39 is 42.5 Å². The smallest absolute Gasteiger partial charge is 0.302 e. The first kappa shape index (κ1) is 25.9. The lowest BCUT2D eigenvalue weighted by atomic mass is 9.99. The highest BCUT2D eigenvalue weighted by Gasteiger charge is 2.46. The summed E-state index contributed by atoms with van der Waals surface area (Å²) in [5, 5.41) is 35.4. The van der Waals surface area contributed by atoms with Crippen LogP contribution in [0.1, 0.15) is 43.6 Å². The molecule has 3 rings (SSSR count). The molecule has 10 nitrogen and oxygen atoms in total. The van der Waals surface area contributed by atoms with Crippen molar-refractivity contribution in [2.24, 2.45) is 0 Å². The van der Waals surface area contributed by atoms with Crippen LogP contribution in [-0.2, 0) is 20.7 Å². The number of aliphatic hydroxyl groups excluding tert-OH is 3. The second kappa shape index (κ2) is 10.7. The van der Waals surface area contributed by atoms with Crippen LogP contribution >= 0.6 is 0 Å². The van der Waals surface area contributed by atoms with E-state index in [-0.39, 0.29) is 24.9 Å². The zero-order valence-electron chi connectivity index (χ0n) is 19.8. The van der Waals surface area contributed by atoms with E-state index in [0.717, 1.165) is 5.69 Å². The van der Waals surface area contributed by atoms with E-state index in [1.165, 1.54) is 20.1 Å². The molecule has 0 radical (unpaired) electrons. The van der Waals surface area contributed by atoms with Gasteiger partial charge in [-0.3, -0.25) is 9.48 Å². The second-order valence-corrected chi connectivity index (χ2v) is 8.48. The summed E-state index contributed by atoms with van der Waals surface area (Å²) in [4.78, 5) is 11.1. The van der Waals surface area contributed by atoms with Gasteiger partial charge in [0.1, 0.15) is 42.6 Å². The van der Waals surface area contributed by atoms with E-state index in [4.69, 9.17) is 18.9 Å². The Morgan fingerprint density at radius 2 is 1.94 bits per heavy atom. The van der Waals surface area contributed by atoms with E-state index in [0.29, 0.717) is 16.9 Å². The molecular weight excluding hydrogens is 451 g/mol. The first-order valence-electron chi connectivity index (χ1n) is 10.9. The van der Waals surface area contributed by atoms with Gasteiger partial charge in [-0.1, -0.05) is 6.07 Å². The van der Waals surface area contributed by atoms with Crippen LogP contribution < -0.4 is 9.47 Å². The van der Waals surface area contributed by atoms with Crippen molar-refractivity contribution in [2.75, 3.05) is 13.7 Å². The maximum absolute atomic E-state index is 14.7. The largest absolute Gasteiger partial charge is 0.497 e. The molecule has 1 aliphatic heterocycles. The second-order valence-electron chi connectivity index (χ2n) is 8.48. The number of nitrogens with zero attached hydrogens (tertiary/aromatic N) is 2. The normalized spacial score (nSPS) is 24.8. The Morgan fingerprint density at radius 1 is 1.24 bits per heavy atom. The molecule has 0 unspecified atom stereocenters. The average molecular weight is 483 g/mol. The molecule has 188 valence electrons. The van der Waals surface area contributed by atoms with Gasteiger partial charge in [-0.15, -0.1) is 5.10 Å². The number of aliphatic hydroxyl groups is 3. The Labute approximate surface area is 196 Å². The zero-order chi connectivity index (χ0) is 25.2. The summed E-state index contributed by atoms with van der Waals surface area (Å²) < 4.78 is 37.8. The number of hydrogen-bond acceptors (Lipinski definition) is 9. The van der Waals surface area contributed by atoms with E-state index in [1.54, 1.807) is 16.8 Å². The third-order valence-corrected chi connectivity index (χ3v) is 5.70. The van der Waals surface area contributed by atoms with E-state index in [9.17, 15) is 24.5 Å². The van der Waals surface area contributed by atoms with E-state index >= 15 is 0 Å². The molecule has 2 aromatic rings. The molecule has 1 fully saturated rings. The molecule has 0 spiro atoms. The molecule has 1 aliphatic rings. The van der Waals surface area contributed by atoms with E-state index in [2.05, 4.69) is 5.10 Å². The molecule has 0 amide bonds. The molecule has 0 aliphatic carbocycles. The van der Waals surface area contributed by atoms with Crippen molar-refractivity contribution in [3.63, 3.8) is 0 Å². The van der Waals surface area contributed by atoms with Crippen LogP contribution in [0.25, 0.3) is 0 Å². The fourth-order valence-electron chi connectivity index (χ4n) is 3.78. The van der Waals surface area contributed by atoms with Crippen molar-refractivity contribution in [1.82, 2.24) is 9.78 Å². The fraction of sp³-hybridized carbons (Fsp3) is 0.565. The maximum atomic E-state index is 14.7. The lowest BCUT2D eigenvalue weighted by Gasteiger charge is -2.39. The van der Waals surface area contributed by atoms with Gasteiger partial charge in [-0.05, 0) is 32.4 Å². The number of aromatic nitrogens is 2. The van der Waals surface area contributed by atoms with Crippen molar-refractivity contribution in [1.29, 1.82) is 0 Å². The van der Waals surface area contributed by atoms with Crippen molar-refractivity contribution in [2.45, 2.75) is 70.9 Å².